The van der Waals surface area contributed by atoms with Gasteiger partial charge in [-0.05, 0) is 62.1 Å². The molecular formula is C23H19F4N3O. The normalized spacial score (nSPS) is 18.6. The highest BCUT2D eigenvalue weighted by Crippen LogP contribution is 2.41. The summed E-state index contributed by atoms with van der Waals surface area (Å²) in [5, 5.41) is 2.72. The van der Waals surface area contributed by atoms with Gasteiger partial charge in [-0.2, -0.15) is 4.39 Å². The van der Waals surface area contributed by atoms with Crippen molar-refractivity contribution < 1.29 is 22.4 Å². The average molecular weight is 429 g/mol. The number of hydrogen-bond donors (Lipinski definition) is 1. The SMILES string of the molecule is O=C(Nc1c(-c2cc(F)ccc2F)ccnc1C1CCC(F)CC1)c1ccc(F)nc1. The number of amides is 1. The van der Waals surface area contributed by atoms with Gasteiger partial charge in [-0.25, -0.2) is 18.2 Å². The molecule has 1 aromatic carbocycles. The molecule has 1 saturated carbocycles. The van der Waals surface area contributed by atoms with Gasteiger partial charge in [0.1, 0.15) is 17.8 Å². The van der Waals surface area contributed by atoms with Crippen molar-refractivity contribution in [3.8, 4) is 11.1 Å². The number of carbonyl (C=O) groups excluding carboxylic acids is 1. The number of halogens is 4. The summed E-state index contributed by atoms with van der Waals surface area (Å²) in [5.41, 5.74) is 1.03. The summed E-state index contributed by atoms with van der Waals surface area (Å²) in [4.78, 5) is 20.7. The molecule has 2 heterocycles. The molecule has 0 aliphatic heterocycles. The van der Waals surface area contributed by atoms with Gasteiger partial charge in [0.05, 0.1) is 16.9 Å². The molecule has 8 heteroatoms. The second-order valence-corrected chi connectivity index (χ2v) is 7.52. The first kappa shape index (κ1) is 21.0. The summed E-state index contributed by atoms with van der Waals surface area (Å²) in [6, 6.07) is 6.86. The second-order valence-electron chi connectivity index (χ2n) is 7.52. The van der Waals surface area contributed by atoms with E-state index in [-0.39, 0.29) is 28.3 Å². The van der Waals surface area contributed by atoms with E-state index in [1.54, 1.807) is 0 Å². The average Bonchev–Trinajstić information content (AvgIpc) is 2.77. The topological polar surface area (TPSA) is 54.9 Å². The van der Waals surface area contributed by atoms with Crippen LogP contribution in [-0.4, -0.2) is 22.0 Å². The van der Waals surface area contributed by atoms with Crippen molar-refractivity contribution >= 4 is 11.6 Å². The standard InChI is InChI=1S/C23H19F4N3O/c24-15-4-1-13(2-5-15)21-22(30-23(31)14-3-8-20(27)29-12-14)17(9-10-28-21)18-11-16(25)6-7-19(18)26/h3,6-13,15H,1-2,4-5H2,(H,30,31). The Hall–Kier alpha value is -3.29. The van der Waals surface area contributed by atoms with Crippen LogP contribution in [0.1, 0.15) is 47.7 Å². The monoisotopic (exact) mass is 429 g/mol. The molecule has 4 nitrogen and oxygen atoms in total. The Bertz CT molecular complexity index is 1100. The van der Waals surface area contributed by atoms with Crippen LogP contribution in [0.2, 0.25) is 0 Å². The number of carbonyl (C=O) groups is 1. The molecule has 1 amide bonds. The van der Waals surface area contributed by atoms with Crippen molar-refractivity contribution in [2.45, 2.75) is 37.8 Å². The maximum atomic E-state index is 14.6. The highest BCUT2D eigenvalue weighted by Gasteiger charge is 2.27. The molecule has 0 unspecified atom stereocenters. The third kappa shape index (κ3) is 4.57. The van der Waals surface area contributed by atoms with Gasteiger partial charge in [0.2, 0.25) is 5.95 Å². The quantitative estimate of drug-likeness (QED) is 0.421. The molecular weight excluding hydrogens is 410 g/mol. The summed E-state index contributed by atoms with van der Waals surface area (Å²) in [6.45, 7) is 0. The number of hydrogen-bond acceptors (Lipinski definition) is 3. The molecule has 1 aliphatic rings. The Morgan fingerprint density at radius 2 is 1.71 bits per heavy atom. The zero-order chi connectivity index (χ0) is 22.0. The molecule has 0 radical (unpaired) electrons. The number of nitrogens with zero attached hydrogens (tertiary/aromatic N) is 2. The first-order chi connectivity index (χ1) is 14.9. The fourth-order valence-corrected chi connectivity index (χ4v) is 3.87. The highest BCUT2D eigenvalue weighted by atomic mass is 19.1. The van der Waals surface area contributed by atoms with E-state index in [0.717, 1.165) is 30.5 Å². The summed E-state index contributed by atoms with van der Waals surface area (Å²) >= 11 is 0. The van der Waals surface area contributed by atoms with Gasteiger partial charge in [-0.3, -0.25) is 9.78 Å². The molecule has 1 fully saturated rings. The minimum Gasteiger partial charge on any atom is -0.320 e. The predicted octanol–water partition coefficient (Wildman–Crippen LogP) is 5.81. The van der Waals surface area contributed by atoms with Crippen LogP contribution in [-0.2, 0) is 0 Å². The third-order valence-corrected chi connectivity index (χ3v) is 5.47. The van der Waals surface area contributed by atoms with E-state index in [1.165, 1.54) is 18.3 Å². The van der Waals surface area contributed by atoms with E-state index < -0.39 is 29.7 Å². The van der Waals surface area contributed by atoms with Gasteiger partial charge in [-0.15, -0.1) is 0 Å². The van der Waals surface area contributed by atoms with Gasteiger partial charge < -0.3 is 5.32 Å². The van der Waals surface area contributed by atoms with Gasteiger partial charge in [0.15, 0.2) is 0 Å². The van der Waals surface area contributed by atoms with E-state index in [0.29, 0.717) is 31.4 Å². The molecule has 1 N–H and O–H groups in total. The van der Waals surface area contributed by atoms with E-state index in [1.807, 2.05) is 0 Å². The molecule has 3 aromatic rings. The summed E-state index contributed by atoms with van der Waals surface area (Å²) in [5.74, 6) is -2.77. The Kier molecular flexibility index (Phi) is 5.97. The molecule has 31 heavy (non-hydrogen) atoms. The van der Waals surface area contributed by atoms with Crippen LogP contribution in [0, 0.1) is 17.6 Å². The van der Waals surface area contributed by atoms with Crippen molar-refractivity contribution in [3.63, 3.8) is 0 Å². The molecule has 160 valence electrons. The van der Waals surface area contributed by atoms with Crippen molar-refractivity contribution in [2.24, 2.45) is 0 Å². The Labute approximate surface area is 176 Å². The maximum Gasteiger partial charge on any atom is 0.257 e. The lowest BCUT2D eigenvalue weighted by Gasteiger charge is -2.26. The van der Waals surface area contributed by atoms with Gasteiger partial charge in [-0.1, -0.05) is 0 Å². The van der Waals surface area contributed by atoms with Crippen LogP contribution >= 0.6 is 0 Å². The van der Waals surface area contributed by atoms with E-state index in [2.05, 4.69) is 15.3 Å². The molecule has 0 spiro atoms. The predicted molar refractivity (Wildman–Crippen MR) is 108 cm³/mol. The number of alkyl halides is 1. The maximum absolute atomic E-state index is 14.6. The first-order valence-corrected chi connectivity index (χ1v) is 9.93. The highest BCUT2D eigenvalue weighted by molar-refractivity contribution is 6.06. The Morgan fingerprint density at radius 1 is 0.935 bits per heavy atom. The lowest BCUT2D eigenvalue weighted by Crippen LogP contribution is -2.19. The van der Waals surface area contributed by atoms with Crippen LogP contribution in [0.4, 0.5) is 23.2 Å². The lowest BCUT2D eigenvalue weighted by atomic mass is 9.84. The van der Waals surface area contributed by atoms with Crippen molar-refractivity contribution in [2.75, 3.05) is 5.32 Å². The fourth-order valence-electron chi connectivity index (χ4n) is 3.87. The second kappa shape index (κ2) is 8.83. The van der Waals surface area contributed by atoms with Crippen molar-refractivity contribution in [3.05, 3.63) is 77.6 Å². The van der Waals surface area contributed by atoms with E-state index in [4.69, 9.17) is 0 Å². The minimum absolute atomic E-state index is 0.0321. The van der Waals surface area contributed by atoms with Crippen LogP contribution in [0.15, 0.2) is 48.8 Å². The van der Waals surface area contributed by atoms with Gasteiger partial charge >= 0.3 is 0 Å². The molecule has 1 aliphatic carbocycles. The third-order valence-electron chi connectivity index (χ3n) is 5.47. The van der Waals surface area contributed by atoms with Crippen LogP contribution in [0.3, 0.4) is 0 Å². The van der Waals surface area contributed by atoms with Crippen molar-refractivity contribution in [1.82, 2.24) is 9.97 Å². The first-order valence-electron chi connectivity index (χ1n) is 9.93. The molecule has 0 saturated heterocycles. The van der Waals surface area contributed by atoms with Gasteiger partial charge in [0, 0.05) is 29.4 Å². The van der Waals surface area contributed by atoms with E-state index in [9.17, 15) is 22.4 Å². The fraction of sp³-hybridized carbons (Fsp3) is 0.261. The lowest BCUT2D eigenvalue weighted by molar-refractivity contribution is 0.102. The largest absolute Gasteiger partial charge is 0.320 e. The Balaban J connectivity index is 1.79. The number of pyridine rings is 2. The zero-order valence-corrected chi connectivity index (χ0v) is 16.4. The molecule has 0 bridgehead atoms. The van der Waals surface area contributed by atoms with Crippen LogP contribution < -0.4 is 5.32 Å². The van der Waals surface area contributed by atoms with Crippen molar-refractivity contribution in [1.29, 1.82) is 0 Å². The molecule has 0 atom stereocenters. The minimum atomic E-state index is -0.886. The smallest absolute Gasteiger partial charge is 0.257 e. The van der Waals surface area contributed by atoms with Crippen LogP contribution in [0.25, 0.3) is 11.1 Å². The Morgan fingerprint density at radius 3 is 2.42 bits per heavy atom. The number of rotatable bonds is 4. The number of benzene rings is 1. The number of anilines is 1. The summed E-state index contributed by atoms with van der Waals surface area (Å²) < 4.78 is 55.2. The van der Waals surface area contributed by atoms with E-state index >= 15 is 0 Å². The summed E-state index contributed by atoms with van der Waals surface area (Å²) in [7, 11) is 0. The van der Waals surface area contributed by atoms with Gasteiger partial charge in [0.25, 0.3) is 5.91 Å². The zero-order valence-electron chi connectivity index (χ0n) is 16.4. The molecule has 2 aromatic heterocycles. The summed E-state index contributed by atoms with van der Waals surface area (Å²) in [6.07, 6.45) is 3.42. The number of nitrogens with one attached hydrogen (secondary N) is 1. The molecule has 4 rings (SSSR count). The van der Waals surface area contributed by atoms with Crippen LogP contribution in [0.5, 0.6) is 0 Å². The number of aromatic nitrogens is 2.